The van der Waals surface area contributed by atoms with Gasteiger partial charge in [0.05, 0.1) is 5.52 Å². The van der Waals surface area contributed by atoms with Gasteiger partial charge in [-0.1, -0.05) is 25.5 Å². The topological polar surface area (TPSA) is 102 Å². The number of nitrogens with two attached hydrogens (primary N) is 1. The molecule has 1 aliphatic rings. The van der Waals surface area contributed by atoms with Crippen LogP contribution in [0, 0.1) is 6.92 Å². The van der Waals surface area contributed by atoms with E-state index in [-0.39, 0.29) is 5.91 Å². The van der Waals surface area contributed by atoms with Gasteiger partial charge in [-0.05, 0) is 43.2 Å². The van der Waals surface area contributed by atoms with E-state index in [1.165, 1.54) is 0 Å². The second kappa shape index (κ2) is 7.46. The van der Waals surface area contributed by atoms with Gasteiger partial charge in [0.2, 0.25) is 5.82 Å². The molecule has 0 spiro atoms. The Hall–Kier alpha value is -3.81. The number of anilines is 1. The van der Waals surface area contributed by atoms with Crippen molar-refractivity contribution < 1.29 is 4.79 Å². The molecule has 3 aromatic heterocycles. The Bertz CT molecular complexity index is 1280. The number of benzene rings is 1. The third-order valence-corrected chi connectivity index (χ3v) is 5.70. The lowest BCUT2D eigenvalue weighted by Gasteiger charge is -2.16. The van der Waals surface area contributed by atoms with E-state index in [4.69, 9.17) is 5.73 Å². The van der Waals surface area contributed by atoms with E-state index >= 15 is 0 Å². The Morgan fingerprint density at radius 3 is 2.48 bits per heavy atom. The summed E-state index contributed by atoms with van der Waals surface area (Å²) in [5.41, 5.74) is 12.2. The van der Waals surface area contributed by atoms with Crippen molar-refractivity contribution in [1.29, 1.82) is 0 Å². The van der Waals surface area contributed by atoms with E-state index in [1.807, 2.05) is 51.9 Å². The van der Waals surface area contributed by atoms with E-state index in [2.05, 4.69) is 27.3 Å². The van der Waals surface area contributed by atoms with E-state index in [0.717, 1.165) is 52.9 Å². The molecule has 4 heterocycles. The number of hydrogen-bond donors (Lipinski definition) is 1. The highest BCUT2D eigenvalue weighted by Gasteiger charge is 2.34. The number of aromatic nitrogens is 5. The average Bonchev–Trinajstić information content (AvgIpc) is 3.27. The van der Waals surface area contributed by atoms with E-state index in [1.54, 1.807) is 6.92 Å². The number of fused-ring (bicyclic) bond motifs is 3. The van der Waals surface area contributed by atoms with Gasteiger partial charge in [-0.15, -0.1) is 20.4 Å². The van der Waals surface area contributed by atoms with Crippen LogP contribution in [0.1, 0.15) is 41.6 Å². The number of unbranched alkanes of at least 4 members (excludes halogenated alkanes) is 1. The first kappa shape index (κ1) is 19.2. The van der Waals surface area contributed by atoms with Gasteiger partial charge >= 0.3 is 0 Å². The van der Waals surface area contributed by atoms with Gasteiger partial charge in [0.1, 0.15) is 5.69 Å². The summed E-state index contributed by atoms with van der Waals surface area (Å²) in [6.07, 6.45) is 3.95. The molecule has 1 amide bonds. The maximum absolute atomic E-state index is 13.2. The van der Waals surface area contributed by atoms with Crippen molar-refractivity contribution in [2.75, 3.05) is 12.3 Å². The highest BCUT2D eigenvalue weighted by molar-refractivity contribution is 6.04. The average molecular weight is 413 g/mol. The van der Waals surface area contributed by atoms with Crippen molar-refractivity contribution in [2.45, 2.75) is 33.2 Å². The lowest BCUT2D eigenvalue weighted by Crippen LogP contribution is -2.26. The fourth-order valence-electron chi connectivity index (χ4n) is 4.14. The monoisotopic (exact) mass is 413 g/mol. The van der Waals surface area contributed by atoms with E-state index in [9.17, 15) is 4.79 Å². The number of nitrogen functional groups attached to an aromatic ring is 1. The molecule has 4 aromatic rings. The van der Waals surface area contributed by atoms with Crippen LogP contribution in [0.15, 0.2) is 42.6 Å². The second-order valence-corrected chi connectivity index (χ2v) is 7.85. The zero-order valence-corrected chi connectivity index (χ0v) is 17.5. The highest BCUT2D eigenvalue weighted by Crippen LogP contribution is 2.39. The lowest BCUT2D eigenvalue weighted by molar-refractivity contribution is 0.0770. The van der Waals surface area contributed by atoms with Crippen LogP contribution in [-0.2, 0) is 6.54 Å². The first-order chi connectivity index (χ1) is 15.1. The van der Waals surface area contributed by atoms with Gasteiger partial charge in [0.25, 0.3) is 5.91 Å². The third kappa shape index (κ3) is 3.20. The minimum absolute atomic E-state index is 0.0721. The standard InChI is InChI=1S/C23H23N7O/c1-3-4-10-29-13-18-20(15-5-7-17(24)8-6-15)19-12-16(22-27-25-14(2)26-28-22)9-11-30(19)21(18)23(29)31/h5-9,11-12H,3-4,10,13,24H2,1-2H3. The van der Waals surface area contributed by atoms with Gasteiger partial charge < -0.3 is 15.0 Å². The molecule has 0 radical (unpaired) electrons. The number of carbonyl (C=O) groups excluding carboxylic acids is 1. The normalized spacial score (nSPS) is 13.2. The lowest BCUT2D eigenvalue weighted by atomic mass is 10.0. The summed E-state index contributed by atoms with van der Waals surface area (Å²) in [4.78, 5) is 15.2. The molecule has 0 saturated heterocycles. The molecule has 8 nitrogen and oxygen atoms in total. The summed E-state index contributed by atoms with van der Waals surface area (Å²) in [5, 5.41) is 16.4. The van der Waals surface area contributed by atoms with Crippen LogP contribution in [0.25, 0.3) is 28.0 Å². The Labute approximate surface area is 179 Å². The van der Waals surface area contributed by atoms with Crippen LogP contribution in [0.3, 0.4) is 0 Å². The summed E-state index contributed by atoms with van der Waals surface area (Å²) in [7, 11) is 0. The minimum atomic E-state index is 0.0721. The highest BCUT2D eigenvalue weighted by atomic mass is 16.2. The minimum Gasteiger partial charge on any atom is -0.399 e. The molecule has 8 heteroatoms. The molecule has 2 N–H and O–H groups in total. The molecule has 1 aliphatic heterocycles. The molecule has 0 fully saturated rings. The SMILES string of the molecule is CCCCN1Cc2c(-c3ccc(N)cc3)c3cc(-c4nnc(C)nn4)ccn3c2C1=O. The molecule has 156 valence electrons. The quantitative estimate of drug-likeness (QED) is 0.503. The largest absolute Gasteiger partial charge is 0.399 e. The maximum atomic E-state index is 13.2. The molecule has 0 saturated carbocycles. The van der Waals surface area contributed by atoms with Gasteiger partial charge in [0, 0.05) is 41.7 Å². The first-order valence-electron chi connectivity index (χ1n) is 10.4. The van der Waals surface area contributed by atoms with Crippen LogP contribution in [-0.4, -0.2) is 42.1 Å². The van der Waals surface area contributed by atoms with Crippen LogP contribution in [0.2, 0.25) is 0 Å². The van der Waals surface area contributed by atoms with Crippen LogP contribution < -0.4 is 5.73 Å². The number of rotatable bonds is 5. The Kier molecular flexibility index (Phi) is 4.62. The van der Waals surface area contributed by atoms with Crippen molar-refractivity contribution in [2.24, 2.45) is 0 Å². The predicted octanol–water partition coefficient (Wildman–Crippen LogP) is 3.50. The van der Waals surface area contributed by atoms with Crippen molar-refractivity contribution in [1.82, 2.24) is 29.7 Å². The molecule has 0 unspecified atom stereocenters. The number of hydrogen-bond acceptors (Lipinski definition) is 6. The summed E-state index contributed by atoms with van der Waals surface area (Å²) < 4.78 is 1.98. The van der Waals surface area contributed by atoms with E-state index < -0.39 is 0 Å². The summed E-state index contributed by atoms with van der Waals surface area (Å²) >= 11 is 0. The molecular weight excluding hydrogens is 390 g/mol. The van der Waals surface area contributed by atoms with Gasteiger partial charge in [-0.2, -0.15) is 0 Å². The number of amides is 1. The van der Waals surface area contributed by atoms with Crippen molar-refractivity contribution >= 4 is 17.1 Å². The van der Waals surface area contributed by atoms with Crippen LogP contribution in [0.5, 0.6) is 0 Å². The van der Waals surface area contributed by atoms with Gasteiger partial charge in [-0.3, -0.25) is 4.79 Å². The molecule has 1 aromatic carbocycles. The number of nitrogens with zero attached hydrogens (tertiary/aromatic N) is 6. The van der Waals surface area contributed by atoms with Gasteiger partial charge in [-0.25, -0.2) is 0 Å². The van der Waals surface area contributed by atoms with E-state index in [0.29, 0.717) is 23.9 Å². The first-order valence-corrected chi connectivity index (χ1v) is 10.4. The fourth-order valence-corrected chi connectivity index (χ4v) is 4.14. The van der Waals surface area contributed by atoms with Crippen LogP contribution in [0.4, 0.5) is 5.69 Å². The van der Waals surface area contributed by atoms with Crippen molar-refractivity contribution in [3.8, 4) is 22.5 Å². The Balaban J connectivity index is 1.71. The molecule has 0 atom stereocenters. The molecule has 5 rings (SSSR count). The molecule has 31 heavy (non-hydrogen) atoms. The number of carbonyl (C=O) groups is 1. The van der Waals surface area contributed by atoms with Gasteiger partial charge in [0.15, 0.2) is 5.82 Å². The zero-order valence-electron chi connectivity index (χ0n) is 17.5. The van der Waals surface area contributed by atoms with Crippen molar-refractivity contribution in [3.05, 3.63) is 59.7 Å². The second-order valence-electron chi connectivity index (χ2n) is 7.85. The number of pyridine rings is 1. The number of aryl methyl sites for hydroxylation is 1. The smallest absolute Gasteiger partial charge is 0.271 e. The fraction of sp³-hybridized carbons (Fsp3) is 0.261. The van der Waals surface area contributed by atoms with Crippen LogP contribution >= 0.6 is 0 Å². The Morgan fingerprint density at radius 1 is 1.03 bits per heavy atom. The maximum Gasteiger partial charge on any atom is 0.271 e. The molecule has 0 aliphatic carbocycles. The molecular formula is C23H23N7O. The third-order valence-electron chi connectivity index (χ3n) is 5.70. The molecule has 0 bridgehead atoms. The summed E-state index contributed by atoms with van der Waals surface area (Å²) in [6, 6.07) is 11.7. The Morgan fingerprint density at radius 2 is 1.77 bits per heavy atom. The predicted molar refractivity (Wildman–Crippen MR) is 118 cm³/mol. The zero-order chi connectivity index (χ0) is 21.5. The van der Waals surface area contributed by atoms with Crippen molar-refractivity contribution in [3.63, 3.8) is 0 Å². The summed E-state index contributed by atoms with van der Waals surface area (Å²) in [6.45, 7) is 5.25. The summed E-state index contributed by atoms with van der Waals surface area (Å²) in [5.74, 6) is 1.04.